The van der Waals surface area contributed by atoms with E-state index in [9.17, 15) is 19.8 Å². The van der Waals surface area contributed by atoms with Crippen molar-refractivity contribution >= 4 is 11.9 Å². The highest BCUT2D eigenvalue weighted by Crippen LogP contribution is 2.58. The van der Waals surface area contributed by atoms with Gasteiger partial charge < -0.3 is 10.2 Å². The van der Waals surface area contributed by atoms with E-state index < -0.39 is 39.5 Å². The van der Waals surface area contributed by atoms with E-state index in [0.29, 0.717) is 38.9 Å². The van der Waals surface area contributed by atoms with Crippen LogP contribution in [0.1, 0.15) is 191 Å². The molecule has 0 atom stereocenters. The summed E-state index contributed by atoms with van der Waals surface area (Å²) < 4.78 is 0. The van der Waals surface area contributed by atoms with E-state index in [0.717, 1.165) is 25.7 Å². The maximum Gasteiger partial charge on any atom is 0.310 e. The van der Waals surface area contributed by atoms with Crippen molar-refractivity contribution in [1.82, 2.24) is 10.1 Å². The summed E-state index contributed by atoms with van der Waals surface area (Å²) in [6, 6.07) is 0. The summed E-state index contributed by atoms with van der Waals surface area (Å²) in [5.74, 6) is -2.68. The molecule has 0 aromatic rings. The van der Waals surface area contributed by atoms with Crippen LogP contribution < -0.4 is 0 Å². The zero-order valence-corrected chi connectivity index (χ0v) is 32.9. The van der Waals surface area contributed by atoms with E-state index in [4.69, 9.17) is 9.68 Å². The Balaban J connectivity index is 2.23. The van der Waals surface area contributed by atoms with Crippen LogP contribution in [0.2, 0.25) is 0 Å². The van der Waals surface area contributed by atoms with Crippen LogP contribution in [-0.4, -0.2) is 67.6 Å². The molecule has 282 valence electrons. The third-order valence-corrected chi connectivity index (χ3v) is 11.4. The second kappa shape index (κ2) is 18.9. The van der Waals surface area contributed by atoms with Gasteiger partial charge in [-0.3, -0.25) is 19.3 Å². The molecule has 0 amide bonds. The number of carbonyl (C=O) groups is 2. The number of rotatable bonds is 23. The predicted molar refractivity (Wildman–Crippen MR) is 196 cm³/mol. The van der Waals surface area contributed by atoms with Crippen molar-refractivity contribution in [3.63, 3.8) is 0 Å². The maximum absolute atomic E-state index is 13.7. The number of hydrogen-bond donors (Lipinski definition) is 2. The number of hydrogen-bond acceptors (Lipinski definition) is 6. The van der Waals surface area contributed by atoms with Crippen LogP contribution in [0.3, 0.4) is 0 Å². The first kappa shape index (κ1) is 42.9. The Morgan fingerprint density at radius 3 is 1.12 bits per heavy atom. The van der Waals surface area contributed by atoms with E-state index in [2.05, 4.69) is 79.4 Å². The van der Waals surface area contributed by atoms with Gasteiger partial charge >= 0.3 is 11.9 Å². The Kier molecular flexibility index (Phi) is 16.9. The van der Waals surface area contributed by atoms with Crippen molar-refractivity contribution in [1.29, 1.82) is 0 Å². The number of piperidine rings is 2. The fourth-order valence-corrected chi connectivity index (χ4v) is 9.68. The summed E-state index contributed by atoms with van der Waals surface area (Å²) in [6.07, 6.45) is 18.8. The number of hydroxylamine groups is 4. The highest BCUT2D eigenvalue weighted by Gasteiger charge is 2.62. The molecule has 0 saturated carbocycles. The van der Waals surface area contributed by atoms with Crippen LogP contribution in [0.5, 0.6) is 0 Å². The molecule has 2 aliphatic rings. The second-order valence-corrected chi connectivity index (χ2v) is 17.9. The van der Waals surface area contributed by atoms with Gasteiger partial charge in [-0.05, 0) is 106 Å². The number of unbranched alkanes of at least 4 members (excludes halogenated alkanes) is 12. The van der Waals surface area contributed by atoms with Gasteiger partial charge in [-0.25, -0.2) is 0 Å². The van der Waals surface area contributed by atoms with Gasteiger partial charge in [0.1, 0.15) is 0 Å². The summed E-state index contributed by atoms with van der Waals surface area (Å²) in [5, 5.41) is 25.7. The average Bonchev–Trinajstić information content (AvgIpc) is 2.95. The van der Waals surface area contributed by atoms with Crippen LogP contribution >= 0.6 is 0 Å². The van der Waals surface area contributed by atoms with Gasteiger partial charge in [0.25, 0.3) is 0 Å². The van der Waals surface area contributed by atoms with Gasteiger partial charge in [0.2, 0.25) is 0 Å². The molecule has 2 rings (SSSR count). The molecule has 2 fully saturated rings. The van der Waals surface area contributed by atoms with Gasteiger partial charge in [0.05, 0.1) is 25.0 Å². The molecule has 0 radical (unpaired) electrons. The highest BCUT2D eigenvalue weighted by molar-refractivity contribution is 5.82. The largest absolute Gasteiger partial charge is 0.481 e. The van der Waals surface area contributed by atoms with Crippen molar-refractivity contribution in [3.05, 3.63) is 0 Å². The molecule has 0 aliphatic carbocycles. The molecule has 0 spiro atoms. The lowest BCUT2D eigenvalue weighted by Gasteiger charge is -2.61. The van der Waals surface area contributed by atoms with Gasteiger partial charge in [0, 0.05) is 22.2 Å². The Hall–Kier alpha value is -1.22. The molecular weight excluding hydrogens is 604 g/mol. The summed E-state index contributed by atoms with van der Waals surface area (Å²) in [7, 11) is 0. The van der Waals surface area contributed by atoms with Gasteiger partial charge in [-0.2, -0.15) is 10.1 Å². The Labute approximate surface area is 295 Å². The minimum Gasteiger partial charge on any atom is -0.481 e. The van der Waals surface area contributed by atoms with E-state index in [1.54, 1.807) is 0 Å². The molecular formula is C40H76N2O6. The average molecular weight is 681 g/mol. The lowest BCUT2D eigenvalue weighted by Crippen LogP contribution is -2.67. The lowest BCUT2D eigenvalue weighted by atomic mass is 9.53. The molecule has 48 heavy (non-hydrogen) atoms. The summed E-state index contributed by atoms with van der Waals surface area (Å²) in [6.45, 7) is 22.8. The molecule has 8 nitrogen and oxygen atoms in total. The summed E-state index contributed by atoms with van der Waals surface area (Å²) in [4.78, 5) is 39.3. The molecule has 2 N–H and O–H groups in total. The van der Waals surface area contributed by atoms with E-state index >= 15 is 0 Å². The van der Waals surface area contributed by atoms with Gasteiger partial charge in [0.15, 0.2) is 0 Å². The fraction of sp³-hybridized carbons (Fsp3) is 0.950. The van der Waals surface area contributed by atoms with Crippen LogP contribution in [0, 0.1) is 17.3 Å². The molecule has 2 saturated heterocycles. The topological polar surface area (TPSA) is 99.5 Å². The van der Waals surface area contributed by atoms with E-state index in [-0.39, 0.29) is 18.3 Å². The fourth-order valence-electron chi connectivity index (χ4n) is 9.68. The van der Waals surface area contributed by atoms with Crippen LogP contribution in [0.4, 0.5) is 0 Å². The molecule has 0 aromatic carbocycles. The van der Waals surface area contributed by atoms with Crippen molar-refractivity contribution < 1.29 is 29.5 Å². The third kappa shape index (κ3) is 11.7. The Bertz CT molecular complexity index is 881. The third-order valence-electron chi connectivity index (χ3n) is 11.4. The first-order valence-electron chi connectivity index (χ1n) is 19.7. The molecule has 0 unspecified atom stereocenters. The minimum atomic E-state index is -1.41. The molecule has 2 aliphatic heterocycles. The molecule has 0 aromatic heterocycles. The highest BCUT2D eigenvalue weighted by atomic mass is 16.7. The van der Waals surface area contributed by atoms with Crippen LogP contribution in [0.25, 0.3) is 0 Å². The molecule has 2 heterocycles. The monoisotopic (exact) mass is 681 g/mol. The van der Waals surface area contributed by atoms with Crippen molar-refractivity contribution in [3.8, 4) is 0 Å². The SMILES string of the molecule is CCCCCCCCCON1C(C)(C)CC(C(CC(=O)O)(C(=O)O)C2CC(C)(C)N(OCCCCCCCCC)C(C)(C)C2)CC1(C)C. The number of carboxylic acid groups (broad SMARTS) is 2. The number of nitrogens with zero attached hydrogens (tertiary/aromatic N) is 2. The number of aliphatic carboxylic acids is 2. The van der Waals surface area contributed by atoms with Crippen molar-refractivity contribution in [2.24, 2.45) is 17.3 Å². The molecule has 8 heteroatoms. The zero-order valence-electron chi connectivity index (χ0n) is 32.9. The quantitative estimate of drug-likeness (QED) is 0.103. The van der Waals surface area contributed by atoms with Gasteiger partial charge in [-0.15, -0.1) is 0 Å². The van der Waals surface area contributed by atoms with Crippen LogP contribution in [-0.2, 0) is 19.3 Å². The first-order chi connectivity index (χ1) is 22.4. The summed E-state index contributed by atoms with van der Waals surface area (Å²) >= 11 is 0. The Morgan fingerprint density at radius 2 is 0.854 bits per heavy atom. The smallest absolute Gasteiger partial charge is 0.310 e. The second-order valence-electron chi connectivity index (χ2n) is 17.9. The predicted octanol–water partition coefficient (Wildman–Crippen LogP) is 10.4. The van der Waals surface area contributed by atoms with Gasteiger partial charge in [-0.1, -0.05) is 90.9 Å². The first-order valence-corrected chi connectivity index (χ1v) is 19.7. The van der Waals surface area contributed by atoms with Crippen LogP contribution in [0.15, 0.2) is 0 Å². The summed E-state index contributed by atoms with van der Waals surface area (Å²) in [5.41, 5.74) is -3.25. The normalized spacial score (nSPS) is 21.8. The van der Waals surface area contributed by atoms with Crippen molar-refractivity contribution in [2.45, 2.75) is 213 Å². The lowest BCUT2D eigenvalue weighted by molar-refractivity contribution is -0.306. The minimum absolute atomic E-state index is 0.328. The maximum atomic E-state index is 13.7. The standard InChI is InChI=1S/C40H76N2O6/c1-11-13-15-17-19-21-23-25-47-41-36(3,4)27-32(28-37(41,5)6)40(35(45)46,31-34(43)44)33-29-38(7,8)42(39(9,10)30-33)48-26-24-22-20-18-16-14-12-2/h32-33H,11-31H2,1-10H3,(H,43,44)(H,45,46). The Morgan fingerprint density at radius 1 is 0.562 bits per heavy atom. The van der Waals surface area contributed by atoms with Crippen molar-refractivity contribution in [2.75, 3.05) is 13.2 Å². The van der Waals surface area contributed by atoms with E-state index in [1.165, 1.54) is 64.2 Å². The molecule has 0 bridgehead atoms. The van der Waals surface area contributed by atoms with E-state index in [1.807, 2.05) is 0 Å². The zero-order chi connectivity index (χ0) is 36.2. The number of carboxylic acids is 2.